The number of benzene rings is 3. The third-order valence-corrected chi connectivity index (χ3v) is 7.69. The van der Waals surface area contributed by atoms with Crippen molar-refractivity contribution in [3.63, 3.8) is 0 Å². The van der Waals surface area contributed by atoms with E-state index in [1.165, 1.54) is 12.1 Å². The number of amides is 1. The topological polar surface area (TPSA) is 128 Å². The fraction of sp³-hybridized carbons (Fsp3) is 0.286. The molecule has 0 aliphatic carbocycles. The van der Waals surface area contributed by atoms with Crippen molar-refractivity contribution in [3.8, 4) is 0 Å². The Morgan fingerprint density at radius 3 is 2.29 bits per heavy atom. The van der Waals surface area contributed by atoms with E-state index in [0.717, 1.165) is 18.7 Å². The highest BCUT2D eigenvalue weighted by molar-refractivity contribution is 7.92. The van der Waals surface area contributed by atoms with Crippen molar-refractivity contribution in [1.29, 1.82) is 0 Å². The zero-order valence-electron chi connectivity index (χ0n) is 22.8. The molecule has 3 aromatic carbocycles. The summed E-state index contributed by atoms with van der Waals surface area (Å²) in [6.07, 6.45) is -5.08. The molecule has 0 bridgehead atoms. The first-order valence-corrected chi connectivity index (χ1v) is 14.2. The van der Waals surface area contributed by atoms with Crippen LogP contribution in [0.4, 0.5) is 28.9 Å². The minimum absolute atomic E-state index is 0.152. The van der Waals surface area contributed by atoms with E-state index >= 15 is 0 Å². The zero-order chi connectivity index (χ0) is 31.1. The molecule has 3 aromatic rings. The number of alkyl halides is 3. The highest BCUT2D eigenvalue weighted by Crippen LogP contribution is 2.31. The van der Waals surface area contributed by atoms with Gasteiger partial charge in [0.25, 0.3) is 15.9 Å². The summed E-state index contributed by atoms with van der Waals surface area (Å²) in [5.74, 6) is -3.51. The Balaban J connectivity index is 0.000000616. The molecule has 1 heterocycles. The molecule has 42 heavy (non-hydrogen) atoms. The van der Waals surface area contributed by atoms with Gasteiger partial charge in [-0.05, 0) is 66.9 Å². The van der Waals surface area contributed by atoms with Crippen LogP contribution >= 0.6 is 0 Å². The number of nitrogens with zero attached hydrogens (tertiary/aromatic N) is 1. The molecule has 0 saturated carbocycles. The fourth-order valence-electron chi connectivity index (χ4n) is 4.07. The Hall–Kier alpha value is -4.17. The number of rotatable bonds is 7. The largest absolute Gasteiger partial charge is 0.490 e. The quantitative estimate of drug-likeness (QED) is 0.295. The highest BCUT2D eigenvalue weighted by Gasteiger charge is 2.38. The summed E-state index contributed by atoms with van der Waals surface area (Å²) in [6.45, 7) is 6.72. The normalized spacial score (nSPS) is 13.5. The monoisotopic (exact) mass is 610 g/mol. The number of aliphatic carboxylic acids is 1. The van der Waals surface area contributed by atoms with Crippen molar-refractivity contribution in [2.45, 2.75) is 31.5 Å². The average molecular weight is 611 g/mol. The molecular formula is C28H30F4N4O5S. The van der Waals surface area contributed by atoms with Crippen LogP contribution in [0.25, 0.3) is 0 Å². The molecule has 226 valence electrons. The van der Waals surface area contributed by atoms with E-state index in [1.54, 1.807) is 49.4 Å². The van der Waals surface area contributed by atoms with Crippen molar-refractivity contribution in [3.05, 3.63) is 88.7 Å². The number of carbonyl (C=O) groups excluding carboxylic acids is 1. The van der Waals surface area contributed by atoms with E-state index in [4.69, 9.17) is 9.90 Å². The average Bonchev–Trinajstić information content (AvgIpc) is 2.93. The first-order chi connectivity index (χ1) is 19.7. The van der Waals surface area contributed by atoms with Crippen LogP contribution < -0.4 is 20.3 Å². The molecular weight excluding hydrogens is 580 g/mol. The van der Waals surface area contributed by atoms with Gasteiger partial charge in [0, 0.05) is 38.3 Å². The Bertz CT molecular complexity index is 1540. The number of carboxylic acids is 1. The van der Waals surface area contributed by atoms with Gasteiger partial charge in [0.1, 0.15) is 5.82 Å². The maximum Gasteiger partial charge on any atom is 0.490 e. The first kappa shape index (κ1) is 32.3. The van der Waals surface area contributed by atoms with Gasteiger partial charge in [-0.25, -0.2) is 17.6 Å². The van der Waals surface area contributed by atoms with E-state index in [-0.39, 0.29) is 23.2 Å². The lowest BCUT2D eigenvalue weighted by Gasteiger charge is -2.31. The van der Waals surface area contributed by atoms with Gasteiger partial charge in [-0.3, -0.25) is 9.52 Å². The number of hydrogen-bond acceptors (Lipinski definition) is 6. The molecule has 1 aliphatic rings. The van der Waals surface area contributed by atoms with Crippen molar-refractivity contribution in [2.75, 3.05) is 35.8 Å². The first-order valence-electron chi connectivity index (χ1n) is 12.7. The van der Waals surface area contributed by atoms with E-state index in [2.05, 4.69) is 20.3 Å². The van der Waals surface area contributed by atoms with Crippen molar-refractivity contribution < 1.29 is 40.7 Å². The smallest absolute Gasteiger partial charge is 0.475 e. The van der Waals surface area contributed by atoms with Gasteiger partial charge < -0.3 is 20.6 Å². The molecule has 0 unspecified atom stereocenters. The summed E-state index contributed by atoms with van der Waals surface area (Å²) in [7, 11) is -3.90. The molecule has 1 saturated heterocycles. The number of carboxylic acid groups (broad SMARTS) is 1. The Kier molecular flexibility index (Phi) is 10.5. The van der Waals surface area contributed by atoms with Crippen LogP contribution in [-0.2, 0) is 21.4 Å². The number of anilines is 2. The van der Waals surface area contributed by atoms with Gasteiger partial charge >= 0.3 is 12.1 Å². The number of piperazine rings is 1. The van der Waals surface area contributed by atoms with Crippen LogP contribution in [0.2, 0.25) is 0 Å². The highest BCUT2D eigenvalue weighted by atomic mass is 32.2. The molecule has 1 amide bonds. The van der Waals surface area contributed by atoms with Crippen molar-refractivity contribution in [1.82, 2.24) is 10.6 Å². The van der Waals surface area contributed by atoms with Gasteiger partial charge in [0.05, 0.1) is 16.3 Å². The zero-order valence-corrected chi connectivity index (χ0v) is 23.6. The standard InChI is InChI=1S/C26H29FN4O3S.C2HF3O2/c1-18-6-7-19(2)25(14-18)35(33,34)30-23-16-21(8-9-24(23)31-12-10-28-11-13-31)26(32)29-17-20-4-3-5-22(27)15-20;3-2(4,5)1(6)7/h3-9,14-16,28,30H,10-13,17H2,1-2H3,(H,29,32);(H,6,7). The predicted molar refractivity (Wildman–Crippen MR) is 150 cm³/mol. The Labute approximate surface area is 240 Å². The SMILES string of the molecule is Cc1ccc(C)c(S(=O)(=O)Nc2cc(C(=O)NCc3cccc(F)c3)ccc2N2CCNCC2)c1.O=C(O)C(F)(F)F. The summed E-state index contributed by atoms with van der Waals surface area (Å²) in [4.78, 5) is 24.1. The van der Waals surface area contributed by atoms with Gasteiger partial charge in [-0.1, -0.05) is 24.3 Å². The molecule has 0 spiro atoms. The van der Waals surface area contributed by atoms with Crippen LogP contribution in [0, 0.1) is 19.7 Å². The maximum absolute atomic E-state index is 13.5. The summed E-state index contributed by atoms with van der Waals surface area (Å²) in [6, 6.07) is 16.3. The number of halogens is 4. The molecule has 4 N–H and O–H groups in total. The molecule has 9 nitrogen and oxygen atoms in total. The molecule has 0 atom stereocenters. The van der Waals surface area contributed by atoms with E-state index < -0.39 is 22.2 Å². The summed E-state index contributed by atoms with van der Waals surface area (Å²) in [5, 5.41) is 13.2. The number of hydrogen-bond donors (Lipinski definition) is 4. The lowest BCUT2D eigenvalue weighted by atomic mass is 10.1. The van der Waals surface area contributed by atoms with Crippen LogP contribution in [0.15, 0.2) is 65.6 Å². The Morgan fingerprint density at radius 2 is 1.67 bits per heavy atom. The number of nitrogens with one attached hydrogen (secondary N) is 3. The summed E-state index contributed by atoms with van der Waals surface area (Å²) < 4.78 is 74.6. The minimum Gasteiger partial charge on any atom is -0.475 e. The predicted octanol–water partition coefficient (Wildman–Crippen LogP) is 4.22. The van der Waals surface area contributed by atoms with Crippen LogP contribution in [-0.4, -0.2) is 57.8 Å². The van der Waals surface area contributed by atoms with Crippen LogP contribution in [0.5, 0.6) is 0 Å². The van der Waals surface area contributed by atoms with Crippen LogP contribution in [0.1, 0.15) is 27.0 Å². The van der Waals surface area contributed by atoms with E-state index in [9.17, 15) is 30.8 Å². The Morgan fingerprint density at radius 1 is 1.00 bits per heavy atom. The molecule has 4 rings (SSSR count). The number of aryl methyl sites for hydroxylation is 2. The number of carbonyl (C=O) groups is 2. The second-order valence-electron chi connectivity index (χ2n) is 9.46. The van der Waals surface area contributed by atoms with Crippen molar-refractivity contribution in [2.24, 2.45) is 0 Å². The molecule has 14 heteroatoms. The van der Waals surface area contributed by atoms with E-state index in [1.807, 2.05) is 13.0 Å². The molecule has 1 fully saturated rings. The lowest BCUT2D eigenvalue weighted by Crippen LogP contribution is -2.43. The fourth-order valence-corrected chi connectivity index (χ4v) is 5.46. The number of sulfonamides is 1. The molecule has 1 aliphatic heterocycles. The van der Waals surface area contributed by atoms with E-state index in [0.29, 0.717) is 41.2 Å². The third kappa shape index (κ3) is 8.91. The minimum atomic E-state index is -5.08. The second-order valence-corrected chi connectivity index (χ2v) is 11.1. The van der Waals surface area contributed by atoms with Gasteiger partial charge in [-0.15, -0.1) is 0 Å². The summed E-state index contributed by atoms with van der Waals surface area (Å²) in [5.41, 5.74) is 3.46. The molecule has 0 aromatic heterocycles. The van der Waals surface area contributed by atoms with Gasteiger partial charge in [0.2, 0.25) is 0 Å². The molecule has 0 radical (unpaired) electrons. The van der Waals surface area contributed by atoms with Gasteiger partial charge in [0.15, 0.2) is 0 Å². The second kappa shape index (κ2) is 13.7. The summed E-state index contributed by atoms with van der Waals surface area (Å²) >= 11 is 0. The van der Waals surface area contributed by atoms with Crippen LogP contribution in [0.3, 0.4) is 0 Å². The van der Waals surface area contributed by atoms with Gasteiger partial charge in [-0.2, -0.15) is 13.2 Å². The van der Waals surface area contributed by atoms with Crippen molar-refractivity contribution >= 4 is 33.3 Å². The lowest BCUT2D eigenvalue weighted by molar-refractivity contribution is -0.192. The third-order valence-electron chi connectivity index (χ3n) is 6.18. The maximum atomic E-state index is 13.5.